The van der Waals surface area contributed by atoms with Crippen LogP contribution in [0.5, 0.6) is 0 Å². The average Bonchev–Trinajstić information content (AvgIpc) is 3.01. The molecule has 0 aromatic rings. The molecule has 0 N–H and O–H groups in total. The normalized spacial score (nSPS) is 44.7. The van der Waals surface area contributed by atoms with Crippen LogP contribution in [0.25, 0.3) is 0 Å². The Bertz CT molecular complexity index is 680. The molecule has 3 heteroatoms. The Morgan fingerprint density at radius 3 is 2.78 bits per heavy atom. The first-order valence-electron chi connectivity index (χ1n) is 11.2. The first-order chi connectivity index (χ1) is 12.9. The molecule has 0 amide bonds. The van der Waals surface area contributed by atoms with E-state index in [2.05, 4.69) is 49.3 Å². The Kier molecular flexibility index (Phi) is 5.22. The topological polar surface area (TPSA) is 26.3 Å². The molecule has 150 valence electrons. The van der Waals surface area contributed by atoms with Gasteiger partial charge in [-0.3, -0.25) is 4.79 Å². The van der Waals surface area contributed by atoms with Crippen molar-refractivity contribution >= 4 is 15.2 Å². The molecule has 0 radical (unpaired) electrons. The van der Waals surface area contributed by atoms with E-state index in [4.69, 9.17) is 4.52 Å². The van der Waals surface area contributed by atoms with E-state index < -0.39 is 0 Å². The maximum absolute atomic E-state index is 13.6. The van der Waals surface area contributed by atoms with Crippen LogP contribution in [0.2, 0.25) is 0 Å². The van der Waals surface area contributed by atoms with Gasteiger partial charge >= 0.3 is 0 Å². The predicted molar refractivity (Wildman–Crippen MR) is 114 cm³/mol. The molecular weight excluding hydrogens is 351 g/mol. The first-order valence-corrected chi connectivity index (χ1v) is 11.7. The van der Waals surface area contributed by atoms with Gasteiger partial charge in [0.25, 0.3) is 0 Å². The van der Waals surface area contributed by atoms with Gasteiger partial charge in [0.15, 0.2) is 5.78 Å². The fourth-order valence-corrected chi connectivity index (χ4v) is 7.60. The minimum Gasteiger partial charge on any atom is -0.362 e. The van der Waals surface area contributed by atoms with Gasteiger partial charge in [-0.1, -0.05) is 44.4 Å². The summed E-state index contributed by atoms with van der Waals surface area (Å²) in [5.41, 5.74) is 2.91. The number of hydrogen-bond donors (Lipinski definition) is 0. The Morgan fingerprint density at radius 2 is 2.07 bits per heavy atom. The third kappa shape index (κ3) is 2.84. The molecular formula is C24H37O2P. The van der Waals surface area contributed by atoms with Crippen molar-refractivity contribution in [3.8, 4) is 0 Å². The van der Waals surface area contributed by atoms with E-state index in [1.165, 1.54) is 43.3 Å². The van der Waals surface area contributed by atoms with Crippen molar-refractivity contribution in [2.24, 2.45) is 34.5 Å². The lowest BCUT2D eigenvalue weighted by molar-refractivity contribution is -0.126. The van der Waals surface area contributed by atoms with Crippen molar-refractivity contribution < 1.29 is 9.32 Å². The van der Waals surface area contributed by atoms with E-state index in [1.54, 1.807) is 0 Å². The smallest absolute Gasteiger partial charge is 0.165 e. The molecule has 2 saturated carbocycles. The molecule has 0 aromatic heterocycles. The molecule has 0 aromatic carbocycles. The number of allylic oxidation sites excluding steroid dienone is 4. The van der Waals surface area contributed by atoms with Gasteiger partial charge in [0.1, 0.15) is 0 Å². The number of ketones is 1. The molecule has 4 aliphatic rings. The minimum atomic E-state index is -0.244. The summed E-state index contributed by atoms with van der Waals surface area (Å²) < 4.78 is 5.61. The van der Waals surface area contributed by atoms with Gasteiger partial charge in [-0.2, -0.15) is 0 Å². The predicted octanol–water partition coefficient (Wildman–Crippen LogP) is 6.28. The standard InChI is InChI=1S/C24H37O2P/c1-5-6-15(2)19-9-10-20-18-8-7-16-13-17(26-27)11-12-23(16,3)21(18)14-22(25)24(19,20)4/h9,14-18,20H,5-8,10-13,27H2,1-4H3/t15-,16-,17-,18+,20+,23+,24-/m1/s1. The average molecular weight is 389 g/mol. The zero-order valence-corrected chi connectivity index (χ0v) is 18.7. The Labute approximate surface area is 167 Å². The second-order valence-corrected chi connectivity index (χ2v) is 10.5. The van der Waals surface area contributed by atoms with Crippen molar-refractivity contribution in [1.82, 2.24) is 0 Å². The fourth-order valence-electron chi connectivity index (χ4n) is 7.35. The van der Waals surface area contributed by atoms with Crippen LogP contribution in [0.4, 0.5) is 0 Å². The third-order valence-corrected chi connectivity index (χ3v) is 9.37. The largest absolute Gasteiger partial charge is 0.362 e. The summed E-state index contributed by atoms with van der Waals surface area (Å²) in [5.74, 6) is 2.70. The Morgan fingerprint density at radius 1 is 1.30 bits per heavy atom. The summed E-state index contributed by atoms with van der Waals surface area (Å²) in [6.07, 6.45) is 14.4. The molecule has 27 heavy (non-hydrogen) atoms. The molecule has 4 rings (SSSR count). The van der Waals surface area contributed by atoms with Crippen molar-refractivity contribution in [1.29, 1.82) is 0 Å². The van der Waals surface area contributed by atoms with Gasteiger partial charge in [-0.25, -0.2) is 0 Å². The van der Waals surface area contributed by atoms with Crippen LogP contribution >= 0.6 is 9.47 Å². The first kappa shape index (κ1) is 19.8. The maximum Gasteiger partial charge on any atom is 0.165 e. The number of fused-ring (bicyclic) bond motifs is 5. The van der Waals surface area contributed by atoms with Crippen LogP contribution < -0.4 is 0 Å². The molecule has 0 spiro atoms. The molecule has 0 saturated heterocycles. The summed E-state index contributed by atoms with van der Waals surface area (Å²) >= 11 is 0. The summed E-state index contributed by atoms with van der Waals surface area (Å²) in [7, 11) is 2.47. The molecule has 4 aliphatic carbocycles. The van der Waals surface area contributed by atoms with Gasteiger partial charge in [-0.05, 0) is 87.0 Å². The SMILES string of the molecule is CCC[C@@H](C)C1=CC[C@H]2[C@@H]3CC[C@@H]4C[C@H](OP)CC[C@]4(C)C3=CC(=O)[C@]12C. The lowest BCUT2D eigenvalue weighted by Gasteiger charge is -2.56. The van der Waals surface area contributed by atoms with Crippen molar-refractivity contribution in [2.75, 3.05) is 0 Å². The van der Waals surface area contributed by atoms with Crippen molar-refractivity contribution in [3.63, 3.8) is 0 Å². The lowest BCUT2D eigenvalue weighted by atomic mass is 9.48. The van der Waals surface area contributed by atoms with Crippen LogP contribution in [0.3, 0.4) is 0 Å². The zero-order valence-electron chi connectivity index (χ0n) is 17.6. The number of carbonyl (C=O) groups excluding carboxylic acids is 1. The van der Waals surface area contributed by atoms with Crippen molar-refractivity contribution in [2.45, 2.75) is 85.2 Å². The summed E-state index contributed by atoms with van der Waals surface area (Å²) in [6.45, 7) is 9.31. The summed E-state index contributed by atoms with van der Waals surface area (Å²) in [5, 5.41) is 0. The highest BCUT2D eigenvalue weighted by Gasteiger charge is 2.58. The second-order valence-electron chi connectivity index (χ2n) is 10.2. The Balaban J connectivity index is 1.67. The van der Waals surface area contributed by atoms with Gasteiger partial charge in [-0.15, -0.1) is 0 Å². The molecule has 2 nitrogen and oxygen atoms in total. The van der Waals surface area contributed by atoms with E-state index in [0.717, 1.165) is 19.3 Å². The minimum absolute atomic E-state index is 0.206. The number of hydrogen-bond acceptors (Lipinski definition) is 2. The van der Waals surface area contributed by atoms with Crippen LogP contribution in [0, 0.1) is 34.5 Å². The van der Waals surface area contributed by atoms with Gasteiger partial charge in [0.2, 0.25) is 0 Å². The summed E-state index contributed by atoms with van der Waals surface area (Å²) in [4.78, 5) is 13.6. The van der Waals surface area contributed by atoms with Crippen LogP contribution in [0.15, 0.2) is 23.3 Å². The third-order valence-electron chi connectivity index (χ3n) is 8.98. The summed E-state index contributed by atoms with van der Waals surface area (Å²) in [6, 6.07) is 0. The fraction of sp³-hybridized carbons (Fsp3) is 0.792. The highest BCUT2D eigenvalue weighted by molar-refractivity contribution is 7.09. The van der Waals surface area contributed by atoms with Crippen LogP contribution in [-0.4, -0.2) is 11.9 Å². The van der Waals surface area contributed by atoms with Crippen LogP contribution in [0.1, 0.15) is 79.1 Å². The number of carbonyl (C=O) groups is 1. The van der Waals surface area contributed by atoms with Crippen LogP contribution in [-0.2, 0) is 9.32 Å². The molecule has 2 fully saturated rings. The van der Waals surface area contributed by atoms with E-state index in [0.29, 0.717) is 35.6 Å². The maximum atomic E-state index is 13.6. The highest BCUT2D eigenvalue weighted by atomic mass is 31.0. The van der Waals surface area contributed by atoms with E-state index >= 15 is 0 Å². The molecule has 1 unspecified atom stereocenters. The van der Waals surface area contributed by atoms with E-state index in [-0.39, 0.29) is 10.8 Å². The zero-order chi connectivity index (χ0) is 19.4. The van der Waals surface area contributed by atoms with Crippen molar-refractivity contribution in [3.05, 3.63) is 23.3 Å². The van der Waals surface area contributed by atoms with E-state index in [9.17, 15) is 4.79 Å². The molecule has 0 aliphatic heterocycles. The highest BCUT2D eigenvalue weighted by Crippen LogP contribution is 2.64. The van der Waals surface area contributed by atoms with Gasteiger partial charge < -0.3 is 4.52 Å². The molecule has 8 atom stereocenters. The monoisotopic (exact) mass is 388 g/mol. The Hall–Kier alpha value is -0.460. The molecule has 0 heterocycles. The number of rotatable bonds is 4. The van der Waals surface area contributed by atoms with E-state index in [1.807, 2.05) is 0 Å². The van der Waals surface area contributed by atoms with Gasteiger partial charge in [0, 0.05) is 9.47 Å². The molecule has 0 bridgehead atoms. The lowest BCUT2D eigenvalue weighted by Crippen LogP contribution is -2.51. The van der Waals surface area contributed by atoms with Gasteiger partial charge in [0.05, 0.1) is 11.5 Å². The quantitative estimate of drug-likeness (QED) is 0.419. The second kappa shape index (κ2) is 7.10.